The molecule has 0 unspecified atom stereocenters. The summed E-state index contributed by atoms with van der Waals surface area (Å²) < 4.78 is 1.04. The van der Waals surface area contributed by atoms with Gasteiger partial charge in [0, 0.05) is 16.6 Å². The highest BCUT2D eigenvalue weighted by Gasteiger charge is 2.20. The second kappa shape index (κ2) is 5.62. The fourth-order valence-electron chi connectivity index (χ4n) is 2.63. The minimum Gasteiger partial charge on any atom is -0.311 e. The molecule has 1 aromatic heterocycles. The molecule has 0 spiro atoms. The molecule has 3 rings (SSSR count). The maximum absolute atomic E-state index is 4.85. The summed E-state index contributed by atoms with van der Waals surface area (Å²) in [7, 11) is 0. The largest absolute Gasteiger partial charge is 0.311 e. The highest BCUT2D eigenvalue weighted by molar-refractivity contribution is 9.10. The normalized spacial score (nSPS) is 14.4. The molecule has 0 amide bonds. The number of halogens is 1. The topological polar surface area (TPSA) is 37.8 Å². The first kappa shape index (κ1) is 13.7. The highest BCUT2D eigenvalue weighted by atomic mass is 79.9. The third kappa shape index (κ3) is 2.50. The number of fused-ring (bicyclic) bond motifs is 1. The first-order valence-electron chi connectivity index (χ1n) is 7.02. The lowest BCUT2D eigenvalue weighted by Gasteiger charge is -2.22. The number of benzene rings is 1. The molecule has 4 heteroatoms. The number of nitrogens with one attached hydrogen (secondary N) is 1. The summed E-state index contributed by atoms with van der Waals surface area (Å²) in [5.74, 6) is 1.25. The summed E-state index contributed by atoms with van der Waals surface area (Å²) >= 11 is 3.60. The van der Waals surface area contributed by atoms with Crippen LogP contribution in [0.5, 0.6) is 0 Å². The van der Waals surface area contributed by atoms with E-state index in [1.54, 1.807) is 0 Å². The van der Waals surface area contributed by atoms with Crippen molar-refractivity contribution in [2.75, 3.05) is 6.54 Å². The van der Waals surface area contributed by atoms with Gasteiger partial charge in [-0.15, -0.1) is 0 Å². The fourth-order valence-corrected chi connectivity index (χ4v) is 3.09. The van der Waals surface area contributed by atoms with Crippen LogP contribution >= 0.6 is 15.9 Å². The standard InChI is InChI=1S/C16H18BrN3/c1-10(2)15-12-7-8-18-9-14(12)19-16(20-15)11-5-3-4-6-13(11)17/h3-6,10,18H,7-9H2,1-2H3. The number of nitrogens with zero attached hydrogens (tertiary/aromatic N) is 2. The molecule has 0 saturated carbocycles. The van der Waals surface area contributed by atoms with Crippen LogP contribution in [0.15, 0.2) is 28.7 Å². The van der Waals surface area contributed by atoms with Gasteiger partial charge in [0.1, 0.15) is 0 Å². The van der Waals surface area contributed by atoms with E-state index in [4.69, 9.17) is 9.97 Å². The van der Waals surface area contributed by atoms with Gasteiger partial charge in [0.2, 0.25) is 0 Å². The summed E-state index contributed by atoms with van der Waals surface area (Å²) in [5, 5.41) is 3.40. The number of rotatable bonds is 2. The van der Waals surface area contributed by atoms with Crippen molar-refractivity contribution in [3.05, 3.63) is 45.7 Å². The Morgan fingerprint density at radius 3 is 2.75 bits per heavy atom. The zero-order valence-electron chi connectivity index (χ0n) is 11.8. The van der Waals surface area contributed by atoms with Gasteiger partial charge in [0.15, 0.2) is 5.82 Å². The summed E-state index contributed by atoms with van der Waals surface area (Å²) in [6.45, 7) is 6.27. The monoisotopic (exact) mass is 331 g/mol. The maximum atomic E-state index is 4.85. The lowest BCUT2D eigenvalue weighted by Crippen LogP contribution is -2.27. The van der Waals surface area contributed by atoms with Gasteiger partial charge in [-0.05, 0) is 30.5 Å². The van der Waals surface area contributed by atoms with Gasteiger partial charge >= 0.3 is 0 Å². The van der Waals surface area contributed by atoms with Crippen LogP contribution < -0.4 is 5.32 Å². The lowest BCUT2D eigenvalue weighted by atomic mass is 9.97. The Bertz CT molecular complexity index is 638. The van der Waals surface area contributed by atoms with Crippen molar-refractivity contribution in [2.24, 2.45) is 0 Å². The summed E-state index contributed by atoms with van der Waals surface area (Å²) in [6, 6.07) is 8.13. The van der Waals surface area contributed by atoms with Crippen LogP contribution in [-0.2, 0) is 13.0 Å². The van der Waals surface area contributed by atoms with Gasteiger partial charge in [-0.25, -0.2) is 9.97 Å². The van der Waals surface area contributed by atoms with E-state index < -0.39 is 0 Å². The molecule has 0 radical (unpaired) electrons. The van der Waals surface area contributed by atoms with Gasteiger partial charge < -0.3 is 5.32 Å². The van der Waals surface area contributed by atoms with Crippen LogP contribution in [0.4, 0.5) is 0 Å². The molecule has 0 bridgehead atoms. The summed E-state index contributed by atoms with van der Waals surface area (Å²) in [4.78, 5) is 9.63. The summed E-state index contributed by atoms with van der Waals surface area (Å²) in [6.07, 6.45) is 1.03. The van der Waals surface area contributed by atoms with E-state index in [9.17, 15) is 0 Å². The molecule has 3 nitrogen and oxygen atoms in total. The molecule has 1 aliphatic rings. The van der Waals surface area contributed by atoms with Crippen LogP contribution in [0.25, 0.3) is 11.4 Å². The van der Waals surface area contributed by atoms with E-state index in [1.807, 2.05) is 18.2 Å². The zero-order valence-corrected chi connectivity index (χ0v) is 13.4. The second-order valence-corrected chi connectivity index (χ2v) is 6.27. The Hall–Kier alpha value is -1.26. The highest BCUT2D eigenvalue weighted by Crippen LogP contribution is 2.29. The molecule has 1 aliphatic heterocycles. The molecule has 0 aliphatic carbocycles. The maximum Gasteiger partial charge on any atom is 0.160 e. The van der Waals surface area contributed by atoms with Gasteiger partial charge in [0.05, 0.1) is 11.4 Å². The van der Waals surface area contributed by atoms with Crippen molar-refractivity contribution >= 4 is 15.9 Å². The average molecular weight is 332 g/mol. The third-order valence-corrected chi connectivity index (χ3v) is 4.32. The van der Waals surface area contributed by atoms with E-state index in [-0.39, 0.29) is 0 Å². The molecular weight excluding hydrogens is 314 g/mol. The molecule has 2 aromatic rings. The average Bonchev–Trinajstić information content (AvgIpc) is 2.46. The van der Waals surface area contributed by atoms with E-state index in [2.05, 4.69) is 41.2 Å². The van der Waals surface area contributed by atoms with Gasteiger partial charge in [-0.2, -0.15) is 0 Å². The van der Waals surface area contributed by atoms with Crippen molar-refractivity contribution in [2.45, 2.75) is 32.7 Å². The Morgan fingerprint density at radius 2 is 2.00 bits per heavy atom. The van der Waals surface area contributed by atoms with Crippen LogP contribution in [-0.4, -0.2) is 16.5 Å². The van der Waals surface area contributed by atoms with E-state index in [1.165, 1.54) is 11.3 Å². The van der Waals surface area contributed by atoms with Gasteiger partial charge in [0.25, 0.3) is 0 Å². The van der Waals surface area contributed by atoms with Gasteiger partial charge in [-0.3, -0.25) is 0 Å². The van der Waals surface area contributed by atoms with Crippen LogP contribution in [0.3, 0.4) is 0 Å². The molecule has 104 valence electrons. The van der Waals surface area contributed by atoms with Crippen LogP contribution in [0.2, 0.25) is 0 Å². The van der Waals surface area contributed by atoms with Crippen molar-refractivity contribution in [3.63, 3.8) is 0 Å². The number of hydrogen-bond donors (Lipinski definition) is 1. The molecule has 2 heterocycles. The lowest BCUT2D eigenvalue weighted by molar-refractivity contribution is 0.609. The zero-order chi connectivity index (χ0) is 14.1. The number of hydrogen-bond acceptors (Lipinski definition) is 3. The molecule has 1 aromatic carbocycles. The Balaban J connectivity index is 2.18. The van der Waals surface area contributed by atoms with Gasteiger partial charge in [-0.1, -0.05) is 48.0 Å². The molecule has 0 atom stereocenters. The van der Waals surface area contributed by atoms with Crippen molar-refractivity contribution in [1.82, 2.24) is 15.3 Å². The predicted molar refractivity (Wildman–Crippen MR) is 84.7 cm³/mol. The minimum atomic E-state index is 0.422. The van der Waals surface area contributed by atoms with E-state index in [0.717, 1.165) is 41.1 Å². The quantitative estimate of drug-likeness (QED) is 0.912. The number of aromatic nitrogens is 2. The van der Waals surface area contributed by atoms with Crippen LogP contribution in [0.1, 0.15) is 36.7 Å². The minimum absolute atomic E-state index is 0.422. The third-order valence-electron chi connectivity index (χ3n) is 3.63. The molecule has 0 saturated heterocycles. The van der Waals surface area contributed by atoms with Crippen molar-refractivity contribution < 1.29 is 0 Å². The predicted octanol–water partition coefficient (Wildman–Crippen LogP) is 3.68. The SMILES string of the molecule is CC(C)c1nc(-c2ccccc2Br)nc2c1CCNC2. The molecular formula is C16H18BrN3. The Morgan fingerprint density at radius 1 is 1.20 bits per heavy atom. The fraction of sp³-hybridized carbons (Fsp3) is 0.375. The Labute approximate surface area is 128 Å². The van der Waals surface area contributed by atoms with Crippen molar-refractivity contribution in [3.8, 4) is 11.4 Å². The smallest absolute Gasteiger partial charge is 0.160 e. The van der Waals surface area contributed by atoms with E-state index >= 15 is 0 Å². The van der Waals surface area contributed by atoms with Crippen LogP contribution in [0, 0.1) is 0 Å². The molecule has 0 fully saturated rings. The first-order chi connectivity index (χ1) is 9.66. The second-order valence-electron chi connectivity index (χ2n) is 5.42. The molecule has 1 N–H and O–H groups in total. The molecule has 20 heavy (non-hydrogen) atoms. The Kier molecular flexibility index (Phi) is 3.85. The van der Waals surface area contributed by atoms with E-state index in [0.29, 0.717) is 5.92 Å². The summed E-state index contributed by atoms with van der Waals surface area (Å²) in [5.41, 5.74) is 4.75. The first-order valence-corrected chi connectivity index (χ1v) is 7.81. The van der Waals surface area contributed by atoms with Crippen molar-refractivity contribution in [1.29, 1.82) is 0 Å².